The van der Waals surface area contributed by atoms with Gasteiger partial charge in [0.1, 0.15) is 29.5 Å². The Bertz CT molecular complexity index is 976. The minimum absolute atomic E-state index is 0.0177. The largest absolute Gasteiger partial charge is 0.507 e. The highest BCUT2D eigenvalue weighted by Gasteiger charge is 2.26. The summed E-state index contributed by atoms with van der Waals surface area (Å²) in [6.45, 7) is 3.26. The molecule has 7 heteroatoms. The van der Waals surface area contributed by atoms with Crippen LogP contribution in [0.2, 0.25) is 0 Å². The summed E-state index contributed by atoms with van der Waals surface area (Å²) in [6.07, 6.45) is 0.785. The van der Waals surface area contributed by atoms with Gasteiger partial charge in [-0.25, -0.2) is 0 Å². The van der Waals surface area contributed by atoms with E-state index in [4.69, 9.17) is 18.9 Å². The van der Waals surface area contributed by atoms with Crippen LogP contribution in [0.4, 0.5) is 0 Å². The first kappa shape index (κ1) is 21.5. The molecule has 2 atom stereocenters. The molecule has 2 heterocycles. The van der Waals surface area contributed by atoms with Crippen LogP contribution in [0, 0.1) is 0 Å². The Kier molecular flexibility index (Phi) is 7.28. The Labute approximate surface area is 182 Å². The Balaban J connectivity index is 0.000000212. The van der Waals surface area contributed by atoms with Gasteiger partial charge in [-0.3, -0.25) is 4.57 Å². The fourth-order valence-corrected chi connectivity index (χ4v) is 3.40. The molecule has 2 saturated heterocycles. The number of para-hydroxylation sites is 1. The maximum Gasteiger partial charge on any atom is 0.197 e. The minimum Gasteiger partial charge on any atom is -0.507 e. The predicted molar refractivity (Wildman–Crippen MR) is 118 cm³/mol. The van der Waals surface area contributed by atoms with Crippen LogP contribution < -0.4 is 10.0 Å². The smallest absolute Gasteiger partial charge is 0.197 e. The van der Waals surface area contributed by atoms with Crippen molar-refractivity contribution in [2.24, 2.45) is 0 Å². The highest BCUT2D eigenvalue weighted by atomic mass is 31.1. The average Bonchev–Trinajstić information content (AvgIpc) is 3.73. The van der Waals surface area contributed by atoms with Crippen LogP contribution in [0.25, 0.3) is 11.1 Å². The molecule has 2 unspecified atom stereocenters. The number of benzene rings is 3. The Morgan fingerprint density at radius 1 is 0.871 bits per heavy atom. The van der Waals surface area contributed by atoms with Crippen LogP contribution in [-0.2, 0) is 18.8 Å². The zero-order valence-electron chi connectivity index (χ0n) is 16.8. The van der Waals surface area contributed by atoms with Crippen molar-refractivity contribution in [2.45, 2.75) is 12.2 Å². The molecule has 3 aromatic carbocycles. The molecule has 6 nitrogen and oxygen atoms in total. The molecule has 0 amide bonds. The third-order valence-corrected chi connectivity index (χ3v) is 5.29. The summed E-state index contributed by atoms with van der Waals surface area (Å²) in [5.74, 6) is 1.21. The van der Waals surface area contributed by atoms with Gasteiger partial charge in [0.2, 0.25) is 0 Å². The highest BCUT2D eigenvalue weighted by Crippen LogP contribution is 2.36. The van der Waals surface area contributed by atoms with Gasteiger partial charge >= 0.3 is 0 Å². The minimum atomic E-state index is -0.254. The molecule has 2 aliphatic heterocycles. The first-order valence-corrected chi connectivity index (χ1v) is 10.8. The van der Waals surface area contributed by atoms with Crippen LogP contribution in [-0.4, -0.2) is 43.7 Å². The number of phenolic OH excluding ortho intramolecular Hbond substituents is 1. The fourth-order valence-electron chi connectivity index (χ4n) is 2.90. The lowest BCUT2D eigenvalue weighted by molar-refractivity contribution is 0.102. The maximum atomic E-state index is 11.5. The molecule has 2 aliphatic rings. The third kappa shape index (κ3) is 6.36. The summed E-state index contributed by atoms with van der Waals surface area (Å²) in [7, 11) is -0.254. The lowest BCUT2D eigenvalue weighted by Gasteiger charge is -2.14. The van der Waals surface area contributed by atoms with Crippen molar-refractivity contribution in [1.82, 2.24) is 0 Å². The summed E-state index contributed by atoms with van der Waals surface area (Å²) < 4.78 is 32.5. The zero-order chi connectivity index (χ0) is 21.5. The Morgan fingerprint density at radius 2 is 1.45 bits per heavy atom. The third-order valence-electron chi connectivity index (χ3n) is 4.66. The zero-order valence-corrected chi connectivity index (χ0v) is 17.7. The van der Waals surface area contributed by atoms with Gasteiger partial charge in [-0.2, -0.15) is 0 Å². The second kappa shape index (κ2) is 10.5. The monoisotopic (exact) mass is 438 g/mol. The molecule has 160 valence electrons. The van der Waals surface area contributed by atoms with Gasteiger partial charge in [-0.1, -0.05) is 48.5 Å². The molecule has 3 aromatic rings. The summed E-state index contributed by atoms with van der Waals surface area (Å²) >= 11 is 0. The van der Waals surface area contributed by atoms with Crippen molar-refractivity contribution in [3.8, 4) is 28.4 Å². The van der Waals surface area contributed by atoms with E-state index in [1.165, 1.54) is 6.07 Å². The van der Waals surface area contributed by atoms with Gasteiger partial charge in [0, 0.05) is 5.56 Å². The quantitative estimate of drug-likeness (QED) is 0.410. The van der Waals surface area contributed by atoms with Crippen molar-refractivity contribution >= 4 is 13.8 Å². The number of epoxide rings is 2. The van der Waals surface area contributed by atoms with Crippen molar-refractivity contribution in [2.75, 3.05) is 26.4 Å². The average molecular weight is 438 g/mol. The summed E-state index contributed by atoms with van der Waals surface area (Å²) in [5.41, 5.74) is 1.46. The number of hydrogen-bond donors (Lipinski definition) is 1. The van der Waals surface area contributed by atoms with E-state index in [2.05, 4.69) is 0 Å². The van der Waals surface area contributed by atoms with E-state index in [1.807, 2.05) is 60.7 Å². The number of hydrogen-bond acceptors (Lipinski definition) is 6. The van der Waals surface area contributed by atoms with Gasteiger partial charge in [0.15, 0.2) is 8.46 Å². The summed E-state index contributed by atoms with van der Waals surface area (Å²) in [5, 5.41) is 10.3. The molecule has 1 N–H and O–H groups in total. The Morgan fingerprint density at radius 3 is 2.00 bits per heavy atom. The first-order valence-electron chi connectivity index (χ1n) is 10.0. The van der Waals surface area contributed by atoms with Crippen molar-refractivity contribution in [3.63, 3.8) is 0 Å². The normalized spacial score (nSPS) is 18.7. The van der Waals surface area contributed by atoms with E-state index in [0.29, 0.717) is 34.6 Å². The molecular formula is C24H23O6P. The molecule has 31 heavy (non-hydrogen) atoms. The van der Waals surface area contributed by atoms with E-state index >= 15 is 0 Å². The van der Waals surface area contributed by atoms with E-state index in [-0.39, 0.29) is 14.2 Å². The number of aromatic hydroxyl groups is 1. The second-order valence-corrected chi connectivity index (χ2v) is 7.76. The van der Waals surface area contributed by atoms with Gasteiger partial charge in [0.05, 0.1) is 31.7 Å². The summed E-state index contributed by atoms with van der Waals surface area (Å²) in [4.78, 5) is 0. The molecule has 0 bridgehead atoms. The topological polar surface area (TPSA) is 80.8 Å². The molecule has 0 saturated carbocycles. The van der Waals surface area contributed by atoms with Crippen LogP contribution >= 0.6 is 8.46 Å². The van der Waals surface area contributed by atoms with Crippen molar-refractivity contribution in [1.29, 1.82) is 0 Å². The molecule has 5 rings (SSSR count). The van der Waals surface area contributed by atoms with E-state index in [0.717, 1.165) is 32.0 Å². The van der Waals surface area contributed by atoms with Gasteiger partial charge in [-0.05, 0) is 29.8 Å². The maximum absolute atomic E-state index is 11.5. The highest BCUT2D eigenvalue weighted by molar-refractivity contribution is 7.35. The second-order valence-electron chi connectivity index (χ2n) is 7.13. The van der Waals surface area contributed by atoms with E-state index in [1.54, 1.807) is 6.07 Å². The number of rotatable bonds is 8. The lowest BCUT2D eigenvalue weighted by Crippen LogP contribution is -2.06. The fraction of sp³-hybridized carbons (Fsp3) is 0.250. The standard InChI is InChI=1S/C18H13O3P.C6H10O3/c19-15-11-12-16(21-14-9-5-2-6-10-14)17(18(15)22-20)13-7-3-1-4-8-13;1(5-3-8-5)7-2-6-4-9-6/h1-12,19H;5-6H,1-4H2. The molecule has 0 spiro atoms. The van der Waals surface area contributed by atoms with Gasteiger partial charge in [0.25, 0.3) is 0 Å². The van der Waals surface area contributed by atoms with E-state index < -0.39 is 0 Å². The summed E-state index contributed by atoms with van der Waals surface area (Å²) in [6, 6.07) is 22.0. The van der Waals surface area contributed by atoms with Crippen LogP contribution in [0.1, 0.15) is 0 Å². The molecule has 0 radical (unpaired) electrons. The number of phenols is 1. The van der Waals surface area contributed by atoms with Gasteiger partial charge in [-0.15, -0.1) is 0 Å². The SMILES string of the molecule is C(OCC1CO1)C1CO1.O=Pc1c(O)ccc(Oc2ccccc2)c1-c1ccccc1. The van der Waals surface area contributed by atoms with Crippen molar-refractivity contribution in [3.05, 3.63) is 72.8 Å². The molecular weight excluding hydrogens is 415 g/mol. The predicted octanol–water partition coefficient (Wildman–Crippen LogP) is 4.57. The molecule has 0 aliphatic carbocycles. The van der Waals surface area contributed by atoms with Crippen molar-refractivity contribution < 1.29 is 28.6 Å². The molecule has 2 fully saturated rings. The number of ether oxygens (including phenoxy) is 4. The van der Waals surface area contributed by atoms with Gasteiger partial charge < -0.3 is 24.1 Å². The first-order chi connectivity index (χ1) is 15.2. The molecule has 0 aromatic heterocycles. The van der Waals surface area contributed by atoms with Crippen LogP contribution in [0.3, 0.4) is 0 Å². The van der Waals surface area contributed by atoms with Crippen LogP contribution in [0.5, 0.6) is 17.2 Å². The van der Waals surface area contributed by atoms with Crippen LogP contribution in [0.15, 0.2) is 72.8 Å². The Hall–Kier alpha value is -2.76. The van der Waals surface area contributed by atoms with E-state index in [9.17, 15) is 9.67 Å². The lowest BCUT2D eigenvalue weighted by atomic mass is 10.0.